The quantitative estimate of drug-likeness (QED) is 0.632. The first kappa shape index (κ1) is 8.41. The van der Waals surface area contributed by atoms with Crippen molar-refractivity contribution in [2.45, 2.75) is 32.2 Å². The molecule has 0 bridgehead atoms. The highest BCUT2D eigenvalue weighted by Crippen LogP contribution is 2.23. The predicted molar refractivity (Wildman–Crippen MR) is 48.3 cm³/mol. The number of hydrogen-bond acceptors (Lipinski definition) is 2. The molecule has 0 aromatic rings. The number of rotatable bonds is 1. The topological polar surface area (TPSA) is 26.0 Å². The Morgan fingerprint density at radius 3 is 3.00 bits per heavy atom. The number of hydrogen-bond donors (Lipinski definition) is 1. The lowest BCUT2D eigenvalue weighted by atomic mass is 9.98. The second-order valence-electron chi connectivity index (χ2n) is 3.19. The van der Waals surface area contributed by atoms with Crippen LogP contribution < -0.4 is 5.73 Å². The molecule has 1 saturated heterocycles. The first-order valence-corrected chi connectivity index (χ1v) is 5.29. The number of nitrogens with two attached hydrogens (primary N) is 1. The van der Waals surface area contributed by atoms with Gasteiger partial charge < -0.3 is 5.73 Å². The molecule has 0 radical (unpaired) electrons. The summed E-state index contributed by atoms with van der Waals surface area (Å²) in [6, 6.07) is 0.408. The first-order chi connectivity index (χ1) is 4.80. The minimum Gasteiger partial charge on any atom is -0.328 e. The molecule has 0 spiro atoms. The lowest BCUT2D eigenvalue weighted by molar-refractivity contribution is 0.448. The average molecular weight is 159 g/mol. The SMILES string of the molecule is CC(N)C1CCCCSC1. The number of thioether (sulfide) groups is 1. The molecule has 1 nitrogen and oxygen atoms in total. The highest BCUT2D eigenvalue weighted by atomic mass is 32.2. The Bertz CT molecular complexity index is 85.3. The van der Waals surface area contributed by atoms with Gasteiger partial charge in [-0.3, -0.25) is 0 Å². The van der Waals surface area contributed by atoms with Gasteiger partial charge in [-0.25, -0.2) is 0 Å². The Balaban J connectivity index is 2.28. The van der Waals surface area contributed by atoms with E-state index in [1.54, 1.807) is 0 Å². The van der Waals surface area contributed by atoms with E-state index < -0.39 is 0 Å². The first-order valence-electron chi connectivity index (χ1n) is 4.14. The normalized spacial score (nSPS) is 31.2. The summed E-state index contributed by atoms with van der Waals surface area (Å²) in [6.45, 7) is 2.14. The van der Waals surface area contributed by atoms with Gasteiger partial charge in [0.05, 0.1) is 0 Å². The molecule has 0 aromatic carbocycles. The van der Waals surface area contributed by atoms with Crippen molar-refractivity contribution in [3.63, 3.8) is 0 Å². The van der Waals surface area contributed by atoms with Crippen LogP contribution in [0.3, 0.4) is 0 Å². The molecule has 2 heteroatoms. The Labute approximate surface area is 67.8 Å². The van der Waals surface area contributed by atoms with Crippen molar-refractivity contribution in [3.05, 3.63) is 0 Å². The summed E-state index contributed by atoms with van der Waals surface area (Å²) in [4.78, 5) is 0. The molecular formula is C8H17NS. The van der Waals surface area contributed by atoms with Gasteiger partial charge in [0, 0.05) is 6.04 Å². The van der Waals surface area contributed by atoms with E-state index in [1.807, 2.05) is 0 Å². The van der Waals surface area contributed by atoms with Gasteiger partial charge in [-0.2, -0.15) is 11.8 Å². The van der Waals surface area contributed by atoms with Crippen molar-refractivity contribution < 1.29 is 0 Å². The van der Waals surface area contributed by atoms with Crippen molar-refractivity contribution >= 4 is 11.8 Å². The second kappa shape index (κ2) is 4.24. The van der Waals surface area contributed by atoms with Gasteiger partial charge >= 0.3 is 0 Å². The van der Waals surface area contributed by atoms with Crippen LogP contribution in [0.1, 0.15) is 26.2 Å². The molecule has 0 aliphatic carbocycles. The molecule has 1 fully saturated rings. The van der Waals surface area contributed by atoms with Crippen molar-refractivity contribution in [2.75, 3.05) is 11.5 Å². The molecule has 1 rings (SSSR count). The summed E-state index contributed by atoms with van der Waals surface area (Å²) >= 11 is 2.07. The fraction of sp³-hybridized carbons (Fsp3) is 1.00. The van der Waals surface area contributed by atoms with Gasteiger partial charge in [0.2, 0.25) is 0 Å². The van der Waals surface area contributed by atoms with Crippen LogP contribution in [0.5, 0.6) is 0 Å². The fourth-order valence-electron chi connectivity index (χ4n) is 1.34. The maximum absolute atomic E-state index is 5.82. The summed E-state index contributed by atoms with van der Waals surface area (Å²) in [5, 5.41) is 0. The summed E-state index contributed by atoms with van der Waals surface area (Å²) in [7, 11) is 0. The molecule has 2 N–H and O–H groups in total. The van der Waals surface area contributed by atoms with E-state index in [2.05, 4.69) is 18.7 Å². The predicted octanol–water partition coefficient (Wildman–Crippen LogP) is 1.87. The standard InChI is InChI=1S/C8H17NS/c1-7(9)8-4-2-3-5-10-6-8/h7-8H,2-6,9H2,1H3. The van der Waals surface area contributed by atoms with Crippen LogP contribution in [0, 0.1) is 5.92 Å². The van der Waals surface area contributed by atoms with Crippen LogP contribution in [0.2, 0.25) is 0 Å². The van der Waals surface area contributed by atoms with E-state index >= 15 is 0 Å². The van der Waals surface area contributed by atoms with E-state index in [9.17, 15) is 0 Å². The smallest absolute Gasteiger partial charge is 0.00466 e. The lowest BCUT2D eigenvalue weighted by Gasteiger charge is -2.16. The zero-order chi connectivity index (χ0) is 7.40. The average Bonchev–Trinajstić information content (AvgIpc) is 2.12. The largest absolute Gasteiger partial charge is 0.328 e. The van der Waals surface area contributed by atoms with Crippen LogP contribution in [-0.4, -0.2) is 17.5 Å². The van der Waals surface area contributed by atoms with E-state index in [4.69, 9.17) is 5.73 Å². The zero-order valence-corrected chi connectivity index (χ0v) is 7.49. The molecule has 2 atom stereocenters. The molecule has 0 amide bonds. The maximum atomic E-state index is 5.82. The van der Waals surface area contributed by atoms with Crippen LogP contribution in [0.25, 0.3) is 0 Å². The third kappa shape index (κ3) is 2.51. The van der Waals surface area contributed by atoms with E-state index in [-0.39, 0.29) is 0 Å². The van der Waals surface area contributed by atoms with Gasteiger partial charge in [-0.15, -0.1) is 0 Å². The summed E-state index contributed by atoms with van der Waals surface area (Å²) in [5.74, 6) is 3.42. The van der Waals surface area contributed by atoms with Crippen molar-refractivity contribution in [2.24, 2.45) is 11.7 Å². The van der Waals surface area contributed by atoms with E-state index in [0.717, 1.165) is 5.92 Å². The molecule has 1 aliphatic heterocycles. The molecule has 10 heavy (non-hydrogen) atoms. The molecule has 0 aromatic heterocycles. The van der Waals surface area contributed by atoms with Gasteiger partial charge in [0.1, 0.15) is 0 Å². The van der Waals surface area contributed by atoms with Crippen molar-refractivity contribution in [1.29, 1.82) is 0 Å². The molecule has 1 aliphatic rings. The second-order valence-corrected chi connectivity index (χ2v) is 4.34. The van der Waals surface area contributed by atoms with Gasteiger partial charge in [-0.1, -0.05) is 6.42 Å². The monoisotopic (exact) mass is 159 g/mol. The maximum Gasteiger partial charge on any atom is 0.00466 e. The van der Waals surface area contributed by atoms with Crippen LogP contribution in [-0.2, 0) is 0 Å². The minimum atomic E-state index is 0.408. The minimum absolute atomic E-state index is 0.408. The Morgan fingerprint density at radius 2 is 2.30 bits per heavy atom. The van der Waals surface area contributed by atoms with Crippen LogP contribution >= 0.6 is 11.8 Å². The van der Waals surface area contributed by atoms with Crippen molar-refractivity contribution in [3.8, 4) is 0 Å². The fourth-order valence-corrected chi connectivity index (χ4v) is 2.69. The highest BCUT2D eigenvalue weighted by molar-refractivity contribution is 7.99. The summed E-state index contributed by atoms with van der Waals surface area (Å²) < 4.78 is 0. The Hall–Kier alpha value is 0.310. The van der Waals surface area contributed by atoms with Crippen LogP contribution in [0.4, 0.5) is 0 Å². The van der Waals surface area contributed by atoms with E-state index in [0.29, 0.717) is 6.04 Å². The molecule has 60 valence electrons. The Morgan fingerprint density at radius 1 is 1.50 bits per heavy atom. The summed E-state index contributed by atoms with van der Waals surface area (Å²) in [5.41, 5.74) is 5.82. The third-order valence-electron chi connectivity index (χ3n) is 2.19. The van der Waals surface area contributed by atoms with Gasteiger partial charge in [0.15, 0.2) is 0 Å². The molecule has 0 saturated carbocycles. The zero-order valence-electron chi connectivity index (χ0n) is 6.68. The molecular weight excluding hydrogens is 142 g/mol. The molecule has 1 heterocycles. The summed E-state index contributed by atoms with van der Waals surface area (Å²) in [6.07, 6.45) is 4.14. The molecule has 2 unspecified atom stereocenters. The Kier molecular flexibility index (Phi) is 3.57. The highest BCUT2D eigenvalue weighted by Gasteiger charge is 2.15. The lowest BCUT2D eigenvalue weighted by Crippen LogP contribution is -2.27. The van der Waals surface area contributed by atoms with Gasteiger partial charge in [-0.05, 0) is 37.2 Å². The van der Waals surface area contributed by atoms with Crippen molar-refractivity contribution in [1.82, 2.24) is 0 Å². The third-order valence-corrected chi connectivity index (χ3v) is 3.43. The van der Waals surface area contributed by atoms with E-state index in [1.165, 1.54) is 30.8 Å². The van der Waals surface area contributed by atoms with Gasteiger partial charge in [0.25, 0.3) is 0 Å². The van der Waals surface area contributed by atoms with Crippen LogP contribution in [0.15, 0.2) is 0 Å².